The molecule has 2 aromatic carbocycles. The third-order valence-corrected chi connectivity index (χ3v) is 4.42. The molecule has 0 radical (unpaired) electrons. The minimum atomic E-state index is -4.41. The normalized spacial score (nSPS) is 13.9. The molecule has 0 amide bonds. The Morgan fingerprint density at radius 1 is 1.00 bits per heavy atom. The molecule has 3 aromatic rings. The first-order chi connectivity index (χ1) is 13.4. The molecule has 7 heteroatoms. The second kappa shape index (κ2) is 6.33. The minimum absolute atomic E-state index is 0.0808. The molecule has 0 fully saturated rings. The largest absolute Gasteiger partial charge is 0.416 e. The van der Waals surface area contributed by atoms with E-state index in [2.05, 4.69) is 14.8 Å². The van der Waals surface area contributed by atoms with Gasteiger partial charge >= 0.3 is 6.18 Å². The Kier molecular flexibility index (Phi) is 3.94. The first-order valence-corrected chi connectivity index (χ1v) is 8.10. The lowest BCUT2D eigenvalue weighted by atomic mass is 10.0. The van der Waals surface area contributed by atoms with Gasteiger partial charge in [-0.3, -0.25) is 4.98 Å². The van der Waals surface area contributed by atoms with Crippen molar-refractivity contribution in [3.63, 3.8) is 0 Å². The number of benzene rings is 2. The van der Waals surface area contributed by atoms with Gasteiger partial charge in [-0.1, -0.05) is 36.4 Å². The van der Waals surface area contributed by atoms with E-state index in [-0.39, 0.29) is 5.70 Å². The van der Waals surface area contributed by atoms with Gasteiger partial charge in [-0.05, 0) is 17.7 Å². The predicted molar refractivity (Wildman–Crippen MR) is 96.1 cm³/mol. The van der Waals surface area contributed by atoms with Crippen LogP contribution in [0.25, 0.3) is 32.9 Å². The molecule has 28 heavy (non-hydrogen) atoms. The summed E-state index contributed by atoms with van der Waals surface area (Å²) in [5.74, 6) is 0. The first kappa shape index (κ1) is 17.4. The summed E-state index contributed by atoms with van der Waals surface area (Å²) in [5.41, 5.74) is 2.84. The quantitative estimate of drug-likeness (QED) is 0.334. The number of allylic oxidation sites excluding steroid dienone is 1. The van der Waals surface area contributed by atoms with Crippen LogP contribution in [0.3, 0.4) is 0 Å². The predicted octanol–water partition coefficient (Wildman–Crippen LogP) is 5.35. The molecule has 1 heterocycles. The number of alkyl halides is 3. The summed E-state index contributed by atoms with van der Waals surface area (Å²) in [6, 6.07) is 13.8. The van der Waals surface area contributed by atoms with Crippen molar-refractivity contribution >= 4 is 5.57 Å². The van der Waals surface area contributed by atoms with E-state index in [9.17, 15) is 18.4 Å². The van der Waals surface area contributed by atoms with Gasteiger partial charge in [0, 0.05) is 16.7 Å². The zero-order valence-electron chi connectivity index (χ0n) is 14.1. The molecule has 0 saturated carbocycles. The Bertz CT molecular complexity index is 1190. The van der Waals surface area contributed by atoms with Gasteiger partial charge in [0.15, 0.2) is 0 Å². The molecule has 1 aliphatic rings. The maximum atomic E-state index is 12.8. The van der Waals surface area contributed by atoms with Crippen molar-refractivity contribution in [2.45, 2.75) is 6.18 Å². The molecule has 4 nitrogen and oxygen atoms in total. The van der Waals surface area contributed by atoms with E-state index in [4.69, 9.17) is 6.57 Å². The van der Waals surface area contributed by atoms with Crippen molar-refractivity contribution in [1.29, 1.82) is 5.26 Å². The van der Waals surface area contributed by atoms with E-state index in [0.29, 0.717) is 33.8 Å². The van der Waals surface area contributed by atoms with Gasteiger partial charge in [0.2, 0.25) is 0 Å². The van der Waals surface area contributed by atoms with Gasteiger partial charge in [-0.25, -0.2) is 15.1 Å². The molecule has 4 rings (SSSR count). The zero-order chi connectivity index (χ0) is 19.9. The fourth-order valence-electron chi connectivity index (χ4n) is 3.14. The van der Waals surface area contributed by atoms with Crippen LogP contribution in [0.1, 0.15) is 16.8 Å². The van der Waals surface area contributed by atoms with E-state index in [1.807, 2.05) is 18.2 Å². The number of fused-ring (bicyclic) bond motifs is 3. The number of nitriles is 1. The SMILES string of the molecule is [C-]#[N+]/C(C#N)=C1\c2ccccc2-c2nc(-c3ccc(C(F)(F)F)cc3)cnc21. The number of hydrogen-bond acceptors (Lipinski definition) is 3. The summed E-state index contributed by atoms with van der Waals surface area (Å²) in [5, 5.41) is 9.30. The third-order valence-electron chi connectivity index (χ3n) is 4.42. The van der Waals surface area contributed by atoms with E-state index in [1.54, 1.807) is 12.1 Å². The van der Waals surface area contributed by atoms with E-state index in [0.717, 1.165) is 17.7 Å². The van der Waals surface area contributed by atoms with Crippen LogP contribution in [0.15, 0.2) is 60.4 Å². The highest BCUT2D eigenvalue weighted by molar-refractivity contribution is 6.01. The third kappa shape index (κ3) is 2.70. The summed E-state index contributed by atoms with van der Waals surface area (Å²) in [6.07, 6.45) is -2.97. The average molecular weight is 374 g/mol. The summed E-state index contributed by atoms with van der Waals surface area (Å²) >= 11 is 0. The van der Waals surface area contributed by atoms with Crippen LogP contribution in [-0.2, 0) is 6.18 Å². The van der Waals surface area contributed by atoms with Crippen LogP contribution in [0.2, 0.25) is 0 Å². The van der Waals surface area contributed by atoms with Gasteiger partial charge in [-0.15, -0.1) is 0 Å². The maximum Gasteiger partial charge on any atom is 0.416 e. The van der Waals surface area contributed by atoms with Crippen molar-refractivity contribution in [3.8, 4) is 28.6 Å². The van der Waals surface area contributed by atoms with Crippen LogP contribution in [0, 0.1) is 17.9 Å². The van der Waals surface area contributed by atoms with Crippen molar-refractivity contribution < 1.29 is 13.2 Å². The highest BCUT2D eigenvalue weighted by Crippen LogP contribution is 2.44. The molecule has 1 aliphatic carbocycles. The lowest BCUT2D eigenvalue weighted by Gasteiger charge is -2.08. The number of rotatable bonds is 1. The maximum absolute atomic E-state index is 12.8. The van der Waals surface area contributed by atoms with Gasteiger partial charge in [0.25, 0.3) is 5.70 Å². The Morgan fingerprint density at radius 3 is 2.29 bits per heavy atom. The lowest BCUT2D eigenvalue weighted by Crippen LogP contribution is -2.04. The van der Waals surface area contributed by atoms with Gasteiger partial charge < -0.3 is 0 Å². The van der Waals surface area contributed by atoms with Crippen molar-refractivity contribution in [2.75, 3.05) is 0 Å². The molecular weight excluding hydrogens is 365 g/mol. The Hall–Kier alpha value is -3.97. The van der Waals surface area contributed by atoms with Crippen LogP contribution >= 0.6 is 0 Å². The Morgan fingerprint density at radius 2 is 1.68 bits per heavy atom. The van der Waals surface area contributed by atoms with Crippen molar-refractivity contribution in [2.24, 2.45) is 0 Å². The zero-order valence-corrected chi connectivity index (χ0v) is 14.1. The lowest BCUT2D eigenvalue weighted by molar-refractivity contribution is -0.137. The van der Waals surface area contributed by atoms with Crippen molar-refractivity contribution in [3.05, 3.63) is 88.7 Å². The molecule has 1 aromatic heterocycles. The Balaban J connectivity index is 1.88. The van der Waals surface area contributed by atoms with Crippen molar-refractivity contribution in [1.82, 2.24) is 9.97 Å². The minimum Gasteiger partial charge on any atom is -0.253 e. The second-order valence-corrected chi connectivity index (χ2v) is 6.02. The average Bonchev–Trinajstić information content (AvgIpc) is 3.03. The highest BCUT2D eigenvalue weighted by Gasteiger charge is 2.31. The second-order valence-electron chi connectivity index (χ2n) is 6.02. The standard InChI is InChI=1S/C21H9F3N4/c1-26-16(10-25)18-14-4-2-3-5-15(14)19-20(18)27-11-17(28-19)12-6-8-13(9-7-12)21(22,23)24/h2-9,11H/b18-16+. The molecule has 0 N–H and O–H groups in total. The monoisotopic (exact) mass is 374 g/mol. The summed E-state index contributed by atoms with van der Waals surface area (Å²) in [6.45, 7) is 7.26. The van der Waals surface area contributed by atoms with Gasteiger partial charge in [-0.2, -0.15) is 13.2 Å². The number of halogens is 3. The number of nitrogens with zero attached hydrogens (tertiary/aromatic N) is 4. The van der Waals surface area contributed by atoms with Gasteiger partial charge in [0.05, 0.1) is 41.5 Å². The van der Waals surface area contributed by atoms with Crippen LogP contribution in [0.5, 0.6) is 0 Å². The Labute approximate surface area is 158 Å². The fourth-order valence-corrected chi connectivity index (χ4v) is 3.14. The molecule has 0 unspecified atom stereocenters. The molecule has 0 bridgehead atoms. The summed E-state index contributed by atoms with van der Waals surface area (Å²) in [7, 11) is 0. The molecule has 0 aliphatic heterocycles. The number of hydrogen-bond donors (Lipinski definition) is 0. The highest BCUT2D eigenvalue weighted by atomic mass is 19.4. The fraction of sp³-hybridized carbons (Fsp3) is 0.0476. The number of aromatic nitrogens is 2. The van der Waals surface area contributed by atoms with Crippen LogP contribution in [0.4, 0.5) is 13.2 Å². The topological polar surface area (TPSA) is 53.9 Å². The van der Waals surface area contributed by atoms with Crippen LogP contribution < -0.4 is 0 Å². The molecule has 0 atom stereocenters. The van der Waals surface area contributed by atoms with E-state index < -0.39 is 11.7 Å². The summed E-state index contributed by atoms with van der Waals surface area (Å²) < 4.78 is 38.3. The molecule has 0 spiro atoms. The molecular formula is C21H9F3N4. The van der Waals surface area contributed by atoms with Crippen LogP contribution in [-0.4, -0.2) is 9.97 Å². The van der Waals surface area contributed by atoms with Gasteiger partial charge in [0.1, 0.15) is 0 Å². The van der Waals surface area contributed by atoms with E-state index >= 15 is 0 Å². The smallest absolute Gasteiger partial charge is 0.253 e. The summed E-state index contributed by atoms with van der Waals surface area (Å²) in [4.78, 5) is 12.2. The van der Waals surface area contributed by atoms with E-state index in [1.165, 1.54) is 18.3 Å². The first-order valence-electron chi connectivity index (χ1n) is 8.10. The molecule has 0 saturated heterocycles. The molecule has 134 valence electrons.